The topological polar surface area (TPSA) is 87.8 Å². The number of carbonyl (C=O) groups is 1. The van der Waals surface area contributed by atoms with Crippen LogP contribution in [0, 0.1) is 0 Å². The predicted octanol–water partition coefficient (Wildman–Crippen LogP) is 3.52. The molecular weight excluding hydrogens is 420 g/mol. The Morgan fingerprint density at radius 1 is 1.03 bits per heavy atom. The number of hydrogen-bond donors (Lipinski definition) is 1. The Balaban J connectivity index is 1.26. The summed E-state index contributed by atoms with van der Waals surface area (Å²) in [6.07, 6.45) is -0.249. The van der Waals surface area contributed by atoms with E-state index in [9.17, 15) is 9.59 Å². The summed E-state index contributed by atoms with van der Waals surface area (Å²) in [5.41, 5.74) is 0.867. The molecule has 0 radical (unpaired) electrons. The third-order valence-corrected chi connectivity index (χ3v) is 5.44. The van der Waals surface area contributed by atoms with Gasteiger partial charge in [-0.1, -0.05) is 12.1 Å². The van der Waals surface area contributed by atoms with E-state index in [1.165, 1.54) is 0 Å². The number of H-pyrrole nitrogens is 1. The second-order valence-electron chi connectivity index (χ2n) is 9.11. The SMILES string of the molecule is CC(C)(C)OC(=O)N1CCN(CCOc2ccc(-c3nc4ccccc4c(=O)[nH]3)cc2)CC1. The highest BCUT2D eigenvalue weighted by molar-refractivity contribution is 5.79. The molecule has 1 fully saturated rings. The van der Waals surface area contributed by atoms with Crippen LogP contribution in [0.2, 0.25) is 0 Å². The Hall–Kier alpha value is -3.39. The van der Waals surface area contributed by atoms with E-state index in [2.05, 4.69) is 14.9 Å². The lowest BCUT2D eigenvalue weighted by molar-refractivity contribution is 0.0137. The lowest BCUT2D eigenvalue weighted by atomic mass is 10.2. The van der Waals surface area contributed by atoms with Crippen LogP contribution in [0.4, 0.5) is 4.79 Å². The normalized spacial score (nSPS) is 14.9. The van der Waals surface area contributed by atoms with E-state index in [1.807, 2.05) is 63.2 Å². The quantitative estimate of drug-likeness (QED) is 0.640. The molecule has 0 spiro atoms. The molecular formula is C25H30N4O4. The van der Waals surface area contributed by atoms with Gasteiger partial charge in [0.2, 0.25) is 0 Å². The maximum absolute atomic E-state index is 12.3. The monoisotopic (exact) mass is 450 g/mol. The van der Waals surface area contributed by atoms with Gasteiger partial charge in [0.25, 0.3) is 5.56 Å². The number of aromatic nitrogens is 2. The molecule has 0 aliphatic carbocycles. The summed E-state index contributed by atoms with van der Waals surface area (Å²) in [7, 11) is 0. The molecule has 1 N–H and O–H groups in total. The van der Waals surface area contributed by atoms with Gasteiger partial charge in [-0.2, -0.15) is 0 Å². The first-order valence-electron chi connectivity index (χ1n) is 11.2. The molecule has 1 aliphatic heterocycles. The van der Waals surface area contributed by atoms with E-state index in [-0.39, 0.29) is 11.7 Å². The molecule has 8 nitrogen and oxygen atoms in total. The maximum atomic E-state index is 12.3. The lowest BCUT2D eigenvalue weighted by Gasteiger charge is -2.35. The summed E-state index contributed by atoms with van der Waals surface area (Å²) >= 11 is 0. The van der Waals surface area contributed by atoms with E-state index in [1.54, 1.807) is 11.0 Å². The number of carbonyl (C=O) groups excluding carboxylic acids is 1. The zero-order chi connectivity index (χ0) is 23.4. The van der Waals surface area contributed by atoms with Crippen LogP contribution in [-0.2, 0) is 4.74 Å². The van der Waals surface area contributed by atoms with Gasteiger partial charge < -0.3 is 19.4 Å². The number of hydrogen-bond acceptors (Lipinski definition) is 6. The van der Waals surface area contributed by atoms with Gasteiger partial charge in [-0.3, -0.25) is 9.69 Å². The van der Waals surface area contributed by atoms with Crippen LogP contribution in [0.3, 0.4) is 0 Å². The van der Waals surface area contributed by atoms with Crippen molar-refractivity contribution in [3.8, 4) is 17.1 Å². The molecule has 4 rings (SSSR count). The molecule has 0 unspecified atom stereocenters. The number of nitrogens with zero attached hydrogens (tertiary/aromatic N) is 3. The van der Waals surface area contributed by atoms with Crippen molar-refractivity contribution in [3.05, 3.63) is 58.9 Å². The molecule has 3 aromatic rings. The minimum absolute atomic E-state index is 0.150. The highest BCUT2D eigenvalue weighted by Gasteiger charge is 2.25. The highest BCUT2D eigenvalue weighted by atomic mass is 16.6. The molecule has 33 heavy (non-hydrogen) atoms. The number of piperazine rings is 1. The van der Waals surface area contributed by atoms with Crippen molar-refractivity contribution in [2.24, 2.45) is 0 Å². The fourth-order valence-electron chi connectivity index (χ4n) is 3.71. The first-order valence-corrected chi connectivity index (χ1v) is 11.2. The molecule has 1 saturated heterocycles. The first-order chi connectivity index (χ1) is 15.8. The largest absolute Gasteiger partial charge is 0.492 e. The van der Waals surface area contributed by atoms with E-state index in [0.717, 1.165) is 30.9 Å². The summed E-state index contributed by atoms with van der Waals surface area (Å²) in [6.45, 7) is 9.86. The number of amides is 1. The standard InChI is InChI=1S/C25H30N4O4/c1-25(2,3)33-24(31)29-14-12-28(13-15-29)16-17-32-19-10-8-18(9-11-19)22-26-21-7-5-4-6-20(21)23(30)27-22/h4-11H,12-17H2,1-3H3,(H,26,27,30). The van der Waals surface area contributed by atoms with Crippen molar-refractivity contribution in [1.82, 2.24) is 19.8 Å². The van der Waals surface area contributed by atoms with E-state index in [4.69, 9.17) is 9.47 Å². The fourth-order valence-corrected chi connectivity index (χ4v) is 3.71. The molecule has 2 heterocycles. The van der Waals surface area contributed by atoms with Gasteiger partial charge in [0.15, 0.2) is 0 Å². The van der Waals surface area contributed by atoms with Crippen molar-refractivity contribution >= 4 is 17.0 Å². The number of para-hydroxylation sites is 1. The summed E-state index contributed by atoms with van der Waals surface area (Å²) in [6, 6.07) is 14.8. The Morgan fingerprint density at radius 2 is 1.73 bits per heavy atom. The molecule has 0 bridgehead atoms. The number of benzene rings is 2. The molecule has 2 aromatic carbocycles. The van der Waals surface area contributed by atoms with Gasteiger partial charge in [-0.25, -0.2) is 9.78 Å². The van der Waals surface area contributed by atoms with Crippen LogP contribution in [0.5, 0.6) is 5.75 Å². The maximum Gasteiger partial charge on any atom is 0.410 e. The van der Waals surface area contributed by atoms with Crippen LogP contribution in [0.15, 0.2) is 53.3 Å². The highest BCUT2D eigenvalue weighted by Crippen LogP contribution is 2.20. The lowest BCUT2D eigenvalue weighted by Crippen LogP contribution is -2.50. The van der Waals surface area contributed by atoms with Crippen molar-refractivity contribution < 1.29 is 14.3 Å². The molecule has 174 valence electrons. The third kappa shape index (κ3) is 5.90. The zero-order valence-electron chi connectivity index (χ0n) is 19.3. The summed E-state index contributed by atoms with van der Waals surface area (Å²) in [5.74, 6) is 1.29. The van der Waals surface area contributed by atoms with Crippen molar-refractivity contribution in [3.63, 3.8) is 0 Å². The Bertz CT molecular complexity index is 1160. The minimum atomic E-state index is -0.475. The molecule has 8 heteroatoms. The Labute approximate surface area is 193 Å². The second kappa shape index (κ2) is 9.62. The Morgan fingerprint density at radius 3 is 2.42 bits per heavy atom. The van der Waals surface area contributed by atoms with Gasteiger partial charge in [0.05, 0.1) is 10.9 Å². The van der Waals surface area contributed by atoms with E-state index < -0.39 is 5.60 Å². The average molecular weight is 451 g/mol. The molecule has 1 aromatic heterocycles. The van der Waals surface area contributed by atoms with Crippen LogP contribution >= 0.6 is 0 Å². The van der Waals surface area contributed by atoms with Crippen molar-refractivity contribution in [1.29, 1.82) is 0 Å². The molecule has 0 saturated carbocycles. The number of aromatic amines is 1. The molecule has 0 atom stereocenters. The average Bonchev–Trinajstić information content (AvgIpc) is 2.79. The number of rotatable bonds is 5. The van der Waals surface area contributed by atoms with Crippen LogP contribution < -0.4 is 10.3 Å². The predicted molar refractivity (Wildman–Crippen MR) is 128 cm³/mol. The molecule has 1 aliphatic rings. The summed E-state index contributed by atoms with van der Waals surface area (Å²) in [5, 5.41) is 0.577. The van der Waals surface area contributed by atoms with Crippen LogP contribution in [0.1, 0.15) is 20.8 Å². The van der Waals surface area contributed by atoms with Crippen molar-refractivity contribution in [2.75, 3.05) is 39.3 Å². The van der Waals surface area contributed by atoms with E-state index >= 15 is 0 Å². The van der Waals surface area contributed by atoms with Gasteiger partial charge >= 0.3 is 6.09 Å². The van der Waals surface area contributed by atoms with Gasteiger partial charge in [-0.15, -0.1) is 0 Å². The number of fused-ring (bicyclic) bond motifs is 1. The summed E-state index contributed by atoms with van der Waals surface area (Å²) in [4.78, 5) is 35.9. The van der Waals surface area contributed by atoms with Gasteiger partial charge in [0.1, 0.15) is 23.8 Å². The number of ether oxygens (including phenoxy) is 2. The number of nitrogens with one attached hydrogen (secondary N) is 1. The zero-order valence-corrected chi connectivity index (χ0v) is 19.3. The first kappa shape index (κ1) is 22.8. The van der Waals surface area contributed by atoms with Gasteiger partial charge in [0, 0.05) is 38.3 Å². The van der Waals surface area contributed by atoms with E-state index in [0.29, 0.717) is 36.4 Å². The van der Waals surface area contributed by atoms with Crippen molar-refractivity contribution in [2.45, 2.75) is 26.4 Å². The smallest absolute Gasteiger partial charge is 0.410 e. The minimum Gasteiger partial charge on any atom is -0.492 e. The fraction of sp³-hybridized carbons (Fsp3) is 0.400. The van der Waals surface area contributed by atoms with Crippen LogP contribution in [0.25, 0.3) is 22.3 Å². The second-order valence-corrected chi connectivity index (χ2v) is 9.11. The third-order valence-electron chi connectivity index (χ3n) is 5.44. The summed E-state index contributed by atoms with van der Waals surface area (Å²) < 4.78 is 11.3. The Kier molecular flexibility index (Phi) is 6.65. The molecule has 1 amide bonds. The van der Waals surface area contributed by atoms with Crippen LogP contribution in [-0.4, -0.2) is 70.8 Å². The van der Waals surface area contributed by atoms with Gasteiger partial charge in [-0.05, 0) is 57.2 Å².